The summed E-state index contributed by atoms with van der Waals surface area (Å²) in [6.07, 6.45) is -0.116. The number of phenols is 1. The molecule has 1 unspecified atom stereocenters. The fraction of sp³-hybridized carbons (Fsp3) is 0.278. The zero-order valence-electron chi connectivity index (χ0n) is 12.7. The van der Waals surface area contributed by atoms with Gasteiger partial charge in [0.05, 0.1) is 6.10 Å². The monoisotopic (exact) mass is 300 g/mol. The van der Waals surface area contributed by atoms with Crippen LogP contribution in [0.4, 0.5) is 0 Å². The maximum atomic E-state index is 11.8. The highest BCUT2D eigenvalue weighted by Gasteiger charge is 2.18. The Bertz CT molecular complexity index is 648. The van der Waals surface area contributed by atoms with Gasteiger partial charge < -0.3 is 14.9 Å². The molecule has 2 N–H and O–H groups in total. The minimum atomic E-state index is -0.647. The number of Topliss-reactive ketones (excluding diaryl/α,β-unsaturated/α-hetero) is 1. The van der Waals surface area contributed by atoms with Crippen molar-refractivity contribution in [3.63, 3.8) is 0 Å². The molecule has 0 radical (unpaired) electrons. The van der Waals surface area contributed by atoms with Crippen LogP contribution in [0.3, 0.4) is 0 Å². The summed E-state index contributed by atoms with van der Waals surface area (Å²) in [6, 6.07) is 13.1. The van der Waals surface area contributed by atoms with Crippen molar-refractivity contribution in [2.45, 2.75) is 26.4 Å². The molecule has 0 fully saturated rings. The molecular formula is C18H20O4. The van der Waals surface area contributed by atoms with E-state index in [9.17, 15) is 15.0 Å². The molecule has 0 heterocycles. The lowest BCUT2D eigenvalue weighted by Crippen LogP contribution is -2.14. The lowest BCUT2D eigenvalue weighted by Gasteiger charge is -2.15. The lowest BCUT2D eigenvalue weighted by molar-refractivity contribution is 0.0991. The van der Waals surface area contributed by atoms with Crippen molar-refractivity contribution >= 4 is 5.78 Å². The summed E-state index contributed by atoms with van der Waals surface area (Å²) in [7, 11) is 0. The van der Waals surface area contributed by atoms with E-state index in [1.165, 1.54) is 6.92 Å². The molecule has 4 heteroatoms. The van der Waals surface area contributed by atoms with Gasteiger partial charge in [-0.2, -0.15) is 0 Å². The van der Waals surface area contributed by atoms with Crippen LogP contribution in [0.2, 0.25) is 0 Å². The molecule has 2 aromatic rings. The standard InChI is InChI=1S/C18H20O4/c1-12(19)11-22-16-9-8-15(18(21)17(16)13(2)20)10-14-6-4-3-5-7-14/h3-9,12,19,21H,10-11H2,1-2H3. The number of hydrogen-bond acceptors (Lipinski definition) is 4. The Balaban J connectivity index is 2.33. The number of carbonyl (C=O) groups excluding carboxylic acids is 1. The zero-order chi connectivity index (χ0) is 16.1. The minimum absolute atomic E-state index is 0.0561. The van der Waals surface area contributed by atoms with Gasteiger partial charge in [0.15, 0.2) is 5.78 Å². The van der Waals surface area contributed by atoms with Crippen LogP contribution in [0.1, 0.15) is 35.3 Å². The predicted octanol–water partition coefficient (Wildman–Crippen LogP) is 2.95. The maximum absolute atomic E-state index is 11.8. The molecule has 0 aliphatic heterocycles. The minimum Gasteiger partial charge on any atom is -0.507 e. The van der Waals surface area contributed by atoms with Crippen molar-refractivity contribution in [2.24, 2.45) is 0 Å². The smallest absolute Gasteiger partial charge is 0.167 e. The third kappa shape index (κ3) is 3.86. The summed E-state index contributed by atoms with van der Waals surface area (Å²) in [6.45, 7) is 3.05. The van der Waals surface area contributed by atoms with Crippen LogP contribution >= 0.6 is 0 Å². The number of ketones is 1. The van der Waals surface area contributed by atoms with Gasteiger partial charge in [0.25, 0.3) is 0 Å². The Hall–Kier alpha value is -2.33. The molecule has 0 bridgehead atoms. The van der Waals surface area contributed by atoms with E-state index in [-0.39, 0.29) is 23.7 Å². The Kier molecular flexibility index (Phi) is 5.17. The molecule has 0 aliphatic rings. The van der Waals surface area contributed by atoms with E-state index in [2.05, 4.69) is 0 Å². The second-order valence-corrected chi connectivity index (χ2v) is 5.33. The highest BCUT2D eigenvalue weighted by Crippen LogP contribution is 2.33. The molecule has 2 aromatic carbocycles. The Morgan fingerprint density at radius 3 is 2.45 bits per heavy atom. The van der Waals surface area contributed by atoms with E-state index in [1.54, 1.807) is 19.1 Å². The van der Waals surface area contributed by atoms with Crippen LogP contribution in [0.5, 0.6) is 11.5 Å². The third-order valence-corrected chi connectivity index (χ3v) is 3.29. The number of benzene rings is 2. The molecule has 0 aliphatic carbocycles. The fourth-order valence-corrected chi connectivity index (χ4v) is 2.25. The zero-order valence-corrected chi connectivity index (χ0v) is 12.7. The first-order valence-electron chi connectivity index (χ1n) is 7.19. The van der Waals surface area contributed by atoms with Gasteiger partial charge in [-0.15, -0.1) is 0 Å². The molecule has 0 saturated heterocycles. The topological polar surface area (TPSA) is 66.8 Å². The van der Waals surface area contributed by atoms with Crippen molar-refractivity contribution in [1.82, 2.24) is 0 Å². The van der Waals surface area contributed by atoms with Gasteiger partial charge in [0, 0.05) is 6.42 Å². The summed E-state index contributed by atoms with van der Waals surface area (Å²) < 4.78 is 5.42. The number of carbonyl (C=O) groups is 1. The molecule has 0 aromatic heterocycles. The van der Waals surface area contributed by atoms with Gasteiger partial charge in [-0.25, -0.2) is 0 Å². The first kappa shape index (κ1) is 16.0. The molecule has 1 atom stereocenters. The summed E-state index contributed by atoms with van der Waals surface area (Å²) in [5.41, 5.74) is 1.87. The number of ether oxygens (including phenoxy) is 1. The number of hydrogen-bond donors (Lipinski definition) is 2. The van der Waals surface area contributed by atoms with Crippen molar-refractivity contribution in [3.05, 3.63) is 59.2 Å². The third-order valence-electron chi connectivity index (χ3n) is 3.29. The SMILES string of the molecule is CC(=O)c1c(OCC(C)O)ccc(Cc2ccccc2)c1O. The van der Waals surface area contributed by atoms with Crippen LogP contribution in [0, 0.1) is 0 Å². The molecule has 22 heavy (non-hydrogen) atoms. The quantitative estimate of drug-likeness (QED) is 0.805. The highest BCUT2D eigenvalue weighted by atomic mass is 16.5. The van der Waals surface area contributed by atoms with E-state index >= 15 is 0 Å². The number of aliphatic hydroxyl groups excluding tert-OH is 1. The summed E-state index contributed by atoms with van der Waals surface area (Å²) in [4.78, 5) is 11.8. The summed E-state index contributed by atoms with van der Waals surface area (Å²) in [5, 5.41) is 19.7. The predicted molar refractivity (Wildman–Crippen MR) is 84.5 cm³/mol. The van der Waals surface area contributed by atoms with Crippen molar-refractivity contribution < 1.29 is 19.7 Å². The fourth-order valence-electron chi connectivity index (χ4n) is 2.25. The van der Waals surface area contributed by atoms with E-state index < -0.39 is 6.10 Å². The van der Waals surface area contributed by atoms with Gasteiger partial charge in [-0.05, 0) is 31.0 Å². The van der Waals surface area contributed by atoms with Crippen LogP contribution in [-0.4, -0.2) is 28.7 Å². The van der Waals surface area contributed by atoms with Crippen LogP contribution < -0.4 is 4.74 Å². The largest absolute Gasteiger partial charge is 0.507 e. The van der Waals surface area contributed by atoms with Crippen molar-refractivity contribution in [2.75, 3.05) is 6.61 Å². The number of phenolic OH excluding ortho intramolecular Hbond substituents is 1. The van der Waals surface area contributed by atoms with Crippen LogP contribution in [0.15, 0.2) is 42.5 Å². The average Bonchev–Trinajstić information content (AvgIpc) is 2.48. The van der Waals surface area contributed by atoms with Gasteiger partial charge >= 0.3 is 0 Å². The Morgan fingerprint density at radius 2 is 1.86 bits per heavy atom. The summed E-state index contributed by atoms with van der Waals surface area (Å²) >= 11 is 0. The van der Waals surface area contributed by atoms with Crippen LogP contribution in [-0.2, 0) is 6.42 Å². The lowest BCUT2D eigenvalue weighted by atomic mass is 9.99. The molecule has 0 spiro atoms. The van der Waals surface area contributed by atoms with E-state index in [4.69, 9.17) is 4.74 Å². The number of aromatic hydroxyl groups is 1. The Labute approximate surface area is 130 Å². The number of aliphatic hydroxyl groups is 1. The molecule has 2 rings (SSSR count). The first-order valence-corrected chi connectivity index (χ1v) is 7.19. The van der Waals surface area contributed by atoms with Crippen molar-refractivity contribution in [3.8, 4) is 11.5 Å². The number of rotatable bonds is 6. The second-order valence-electron chi connectivity index (χ2n) is 5.33. The molecular weight excluding hydrogens is 280 g/mol. The van der Waals surface area contributed by atoms with Crippen molar-refractivity contribution in [1.29, 1.82) is 0 Å². The maximum Gasteiger partial charge on any atom is 0.167 e. The van der Waals surface area contributed by atoms with Gasteiger partial charge in [0.1, 0.15) is 23.7 Å². The molecule has 4 nitrogen and oxygen atoms in total. The van der Waals surface area contributed by atoms with Gasteiger partial charge in [-0.3, -0.25) is 4.79 Å². The molecule has 0 amide bonds. The van der Waals surface area contributed by atoms with Gasteiger partial charge in [-0.1, -0.05) is 36.4 Å². The average molecular weight is 300 g/mol. The Morgan fingerprint density at radius 1 is 1.18 bits per heavy atom. The van der Waals surface area contributed by atoms with E-state index in [1.807, 2.05) is 30.3 Å². The van der Waals surface area contributed by atoms with Gasteiger partial charge in [0.2, 0.25) is 0 Å². The summed E-state index contributed by atoms with van der Waals surface area (Å²) in [5.74, 6) is -0.0323. The second kappa shape index (κ2) is 7.09. The van der Waals surface area contributed by atoms with E-state index in [0.717, 1.165) is 5.56 Å². The molecule has 0 saturated carbocycles. The normalized spacial score (nSPS) is 12.0. The van der Waals surface area contributed by atoms with E-state index in [0.29, 0.717) is 17.7 Å². The molecule has 116 valence electrons. The highest BCUT2D eigenvalue weighted by molar-refractivity contribution is 6.00. The van der Waals surface area contributed by atoms with Crippen LogP contribution in [0.25, 0.3) is 0 Å². The first-order chi connectivity index (χ1) is 10.5.